The molecule has 8 aromatic carbocycles. The van der Waals surface area contributed by atoms with E-state index >= 15 is 0 Å². The van der Waals surface area contributed by atoms with Crippen LogP contribution in [0.2, 0.25) is 0 Å². The molecule has 5 atom stereocenters. The molecule has 8 nitrogen and oxygen atoms in total. The zero-order chi connectivity index (χ0) is 59.9. The predicted octanol–water partition coefficient (Wildman–Crippen LogP) is 17.3. The van der Waals surface area contributed by atoms with Gasteiger partial charge in [-0.15, -0.1) is 0 Å². The first-order chi connectivity index (χ1) is 39.4. The van der Waals surface area contributed by atoms with Crippen LogP contribution in [0.4, 0.5) is 68.2 Å². The number of hydrogen-bond acceptors (Lipinski definition) is 8. The standard InChI is InChI=1S/2C18H22N2.2C16H18N2/c2*1-13(2)19-15(4)20(16-10-6-5-9-14(16)3)18-12-8-7-11-17(18)19;2*1-12-8-4-5-9-14(12)18-13(2)17(3)15-10-6-7-11-16(15)18/h2*5-13,15H,1-4H3;2*4-11,13H,1-3H3/t2*15-;2*13-/m0000/s1/i1D3,13D;;3D3;/t13?,15-;;m;. The number of anilines is 12. The molecule has 8 aromatic rings. The van der Waals surface area contributed by atoms with E-state index in [1.165, 1.54) is 57.1 Å². The first-order valence-corrected chi connectivity index (χ1v) is 26.7. The first kappa shape index (κ1) is 44.5. The highest BCUT2D eigenvalue weighted by molar-refractivity contribution is 5.88. The molecule has 0 amide bonds. The monoisotopic (exact) mass is 1020 g/mol. The van der Waals surface area contributed by atoms with Gasteiger partial charge in [-0.05, 0) is 178 Å². The van der Waals surface area contributed by atoms with E-state index in [0.29, 0.717) is 18.4 Å². The summed E-state index contributed by atoms with van der Waals surface area (Å²) in [6.07, 6.45) is 0.166. The highest BCUT2D eigenvalue weighted by Crippen LogP contribution is 2.48. The van der Waals surface area contributed by atoms with Crippen molar-refractivity contribution >= 4 is 68.2 Å². The molecule has 0 spiro atoms. The molecule has 0 saturated carbocycles. The average molecular weight is 1020 g/mol. The van der Waals surface area contributed by atoms with E-state index < -0.39 is 19.8 Å². The molecular formula is C68H80N8. The second kappa shape index (κ2) is 22.6. The first-order valence-electron chi connectivity index (χ1n) is 30.2. The lowest BCUT2D eigenvalue weighted by Crippen LogP contribution is -2.42. The van der Waals surface area contributed by atoms with E-state index in [2.05, 4.69) is 175 Å². The summed E-state index contributed by atoms with van der Waals surface area (Å²) in [6, 6.07) is 64.7. The number of benzene rings is 8. The van der Waals surface area contributed by atoms with Gasteiger partial charge in [0.1, 0.15) is 24.7 Å². The SMILES string of the molecule is Cc1ccccc1N1c2ccccc2N(C(C)C)[C@@H]1C.Cc1ccccc1N1c2ccccc2N(C)[C@@H]1C.[2H]C([2H])([2H])C([2H])(C)N1c2ccccc2N(c2ccccc2C)[C@H]1C.[2H]C([2H])([2H])N1c2ccccc2N(c2ccccc2C)[C@H]1C. The van der Waals surface area contributed by atoms with Crippen molar-refractivity contribution in [2.75, 3.05) is 53.2 Å². The van der Waals surface area contributed by atoms with Crippen molar-refractivity contribution in [2.24, 2.45) is 0 Å². The van der Waals surface area contributed by atoms with Gasteiger partial charge in [0.2, 0.25) is 0 Å². The third kappa shape index (κ3) is 9.93. The normalized spacial score (nSPS) is 20.4. The summed E-state index contributed by atoms with van der Waals surface area (Å²) in [6.45, 7) is 18.2. The fourth-order valence-electron chi connectivity index (χ4n) is 11.6. The number of hydrogen-bond donors (Lipinski definition) is 0. The van der Waals surface area contributed by atoms with E-state index in [9.17, 15) is 0 Å². The molecule has 0 fully saturated rings. The third-order valence-corrected chi connectivity index (χ3v) is 15.4. The smallest absolute Gasteiger partial charge is 0.104 e. The van der Waals surface area contributed by atoms with Crippen LogP contribution in [0.3, 0.4) is 0 Å². The van der Waals surface area contributed by atoms with Crippen molar-refractivity contribution in [3.8, 4) is 0 Å². The van der Waals surface area contributed by atoms with Crippen LogP contribution in [0.15, 0.2) is 194 Å². The highest BCUT2D eigenvalue weighted by Gasteiger charge is 2.37. The Morgan fingerprint density at radius 2 is 0.579 bits per heavy atom. The summed E-state index contributed by atoms with van der Waals surface area (Å²) in [5.41, 5.74) is 18.2. The molecule has 0 N–H and O–H groups in total. The Morgan fingerprint density at radius 1 is 0.329 bits per heavy atom. The van der Waals surface area contributed by atoms with E-state index in [-0.39, 0.29) is 12.3 Å². The Labute approximate surface area is 465 Å². The molecule has 0 aliphatic carbocycles. The Balaban J connectivity index is 0.000000134. The Bertz CT molecular complexity index is 3550. The minimum Gasteiger partial charge on any atom is -0.353 e. The average Bonchev–Trinajstić information content (AvgIpc) is 4.32. The highest BCUT2D eigenvalue weighted by atomic mass is 15.4. The van der Waals surface area contributed by atoms with Crippen molar-refractivity contribution in [3.63, 3.8) is 0 Å². The van der Waals surface area contributed by atoms with E-state index in [1.807, 2.05) is 125 Å². The van der Waals surface area contributed by atoms with Crippen molar-refractivity contribution in [1.82, 2.24) is 0 Å². The molecule has 76 heavy (non-hydrogen) atoms. The molecule has 0 aromatic heterocycles. The molecule has 4 aliphatic heterocycles. The lowest BCUT2D eigenvalue weighted by atomic mass is 10.1. The van der Waals surface area contributed by atoms with Crippen LogP contribution in [-0.4, -0.2) is 50.7 Å². The zero-order valence-corrected chi connectivity index (χ0v) is 46.4. The van der Waals surface area contributed by atoms with Gasteiger partial charge in [0, 0.05) is 57.1 Å². The quantitative estimate of drug-likeness (QED) is 0.163. The summed E-state index contributed by atoms with van der Waals surface area (Å²) in [5, 5.41) is 0. The number of para-hydroxylation sites is 12. The summed E-state index contributed by atoms with van der Waals surface area (Å²) in [5.74, 6) is 0. The van der Waals surface area contributed by atoms with Crippen LogP contribution in [-0.2, 0) is 0 Å². The van der Waals surface area contributed by atoms with Crippen molar-refractivity contribution in [2.45, 2.75) is 120 Å². The lowest BCUT2D eigenvalue weighted by Gasteiger charge is -2.33. The summed E-state index contributed by atoms with van der Waals surface area (Å²) in [7, 11) is 2.15. The summed E-state index contributed by atoms with van der Waals surface area (Å²) >= 11 is 0. The third-order valence-electron chi connectivity index (χ3n) is 15.4. The number of aryl methyl sites for hydroxylation is 4. The number of fused-ring (bicyclic) bond motifs is 4. The number of rotatable bonds is 6. The van der Waals surface area contributed by atoms with Crippen molar-refractivity contribution in [3.05, 3.63) is 216 Å². The van der Waals surface area contributed by atoms with Gasteiger partial charge in [-0.2, -0.15) is 0 Å². The van der Waals surface area contributed by atoms with Gasteiger partial charge < -0.3 is 39.2 Å². The van der Waals surface area contributed by atoms with Crippen LogP contribution < -0.4 is 39.2 Å². The van der Waals surface area contributed by atoms with Gasteiger partial charge in [-0.1, -0.05) is 121 Å². The van der Waals surface area contributed by atoms with Gasteiger partial charge in [-0.25, -0.2) is 0 Å². The van der Waals surface area contributed by atoms with Gasteiger partial charge in [0.25, 0.3) is 0 Å². The maximum Gasteiger partial charge on any atom is 0.104 e. The molecule has 0 radical (unpaired) electrons. The molecular weight excluding hydrogens is 929 g/mol. The van der Waals surface area contributed by atoms with Crippen LogP contribution in [0, 0.1) is 27.7 Å². The lowest BCUT2D eigenvalue weighted by molar-refractivity contribution is 0.606. The van der Waals surface area contributed by atoms with E-state index in [4.69, 9.17) is 9.60 Å². The maximum atomic E-state index is 8.58. The Hall–Kier alpha value is -7.84. The van der Waals surface area contributed by atoms with Crippen molar-refractivity contribution < 1.29 is 9.60 Å². The molecule has 0 bridgehead atoms. The van der Waals surface area contributed by atoms with Gasteiger partial charge in [0.05, 0.1) is 46.9 Å². The molecule has 8 heteroatoms. The molecule has 1 unspecified atom stereocenters. The minimum atomic E-state index is -2.42. The van der Waals surface area contributed by atoms with E-state index in [0.717, 1.165) is 45.3 Å². The second-order valence-corrected chi connectivity index (χ2v) is 20.5. The second-order valence-electron chi connectivity index (χ2n) is 20.5. The zero-order valence-electron chi connectivity index (χ0n) is 53.4. The molecule has 0 saturated heterocycles. The fourth-order valence-corrected chi connectivity index (χ4v) is 11.6. The molecule has 392 valence electrons. The fraction of sp³-hybridized carbons (Fsp3) is 0.294. The van der Waals surface area contributed by atoms with Crippen LogP contribution in [0.5, 0.6) is 0 Å². The molecule has 4 aliphatic rings. The molecule has 4 heterocycles. The minimum absolute atomic E-state index is 0.254. The van der Waals surface area contributed by atoms with Gasteiger partial charge >= 0.3 is 0 Å². The predicted molar refractivity (Wildman–Crippen MR) is 329 cm³/mol. The number of nitrogens with zero attached hydrogens (tertiary/aromatic N) is 8. The summed E-state index contributed by atoms with van der Waals surface area (Å²) < 4.78 is 55.6. The Kier molecular flexibility index (Phi) is 13.2. The largest absolute Gasteiger partial charge is 0.353 e. The van der Waals surface area contributed by atoms with Gasteiger partial charge in [-0.3, -0.25) is 0 Å². The van der Waals surface area contributed by atoms with Gasteiger partial charge in [0.15, 0.2) is 0 Å². The van der Waals surface area contributed by atoms with Crippen LogP contribution in [0.1, 0.15) is 87.2 Å². The van der Waals surface area contributed by atoms with Crippen molar-refractivity contribution in [1.29, 1.82) is 0 Å². The molecule has 12 rings (SSSR count). The van der Waals surface area contributed by atoms with Crippen LogP contribution >= 0.6 is 0 Å². The summed E-state index contributed by atoms with van der Waals surface area (Å²) in [4.78, 5) is 17.1. The van der Waals surface area contributed by atoms with E-state index in [1.54, 1.807) is 4.90 Å². The van der Waals surface area contributed by atoms with Crippen LogP contribution in [0.25, 0.3) is 0 Å². The Morgan fingerprint density at radius 3 is 0.908 bits per heavy atom. The maximum absolute atomic E-state index is 8.58. The topological polar surface area (TPSA) is 25.9 Å².